The molecule has 0 bridgehead atoms. The van der Waals surface area contributed by atoms with E-state index in [1.54, 1.807) is 0 Å². The zero-order chi connectivity index (χ0) is 10.8. The van der Waals surface area contributed by atoms with E-state index in [-0.39, 0.29) is 12.6 Å². The maximum Gasteiger partial charge on any atom is 0.0597 e. The Morgan fingerprint density at radius 3 is 2.64 bits per heavy atom. The Balaban J connectivity index is 3.51. The van der Waals surface area contributed by atoms with Gasteiger partial charge in [0.25, 0.3) is 0 Å². The monoisotopic (exact) mass is 204 g/mol. The summed E-state index contributed by atoms with van der Waals surface area (Å²) in [4.78, 5) is 2.17. The number of hydrogen-bond donors (Lipinski definition) is 2. The zero-order valence-corrected chi connectivity index (χ0v) is 9.62. The van der Waals surface area contributed by atoms with Crippen LogP contribution in [0.5, 0.6) is 0 Å². The SMILES string of the molecule is CCNC(CO)CN(C)CCOCC. The van der Waals surface area contributed by atoms with Crippen molar-refractivity contribution in [2.75, 3.05) is 46.5 Å². The van der Waals surface area contributed by atoms with E-state index < -0.39 is 0 Å². The van der Waals surface area contributed by atoms with Crippen molar-refractivity contribution >= 4 is 0 Å². The predicted octanol–water partition coefficient (Wildman–Crippen LogP) is -0.0749. The zero-order valence-electron chi connectivity index (χ0n) is 9.62. The van der Waals surface area contributed by atoms with Crippen LogP contribution >= 0.6 is 0 Å². The summed E-state index contributed by atoms with van der Waals surface area (Å²) in [5.41, 5.74) is 0. The molecule has 1 atom stereocenters. The molecule has 0 aliphatic heterocycles. The molecule has 0 aromatic rings. The quantitative estimate of drug-likeness (QED) is 0.516. The lowest BCUT2D eigenvalue weighted by atomic mass is 10.3. The first-order valence-electron chi connectivity index (χ1n) is 5.35. The molecule has 0 saturated carbocycles. The molecule has 0 radical (unpaired) electrons. The van der Waals surface area contributed by atoms with E-state index in [0.29, 0.717) is 0 Å². The van der Waals surface area contributed by atoms with Crippen molar-refractivity contribution in [1.82, 2.24) is 10.2 Å². The van der Waals surface area contributed by atoms with Gasteiger partial charge in [0.05, 0.1) is 13.2 Å². The van der Waals surface area contributed by atoms with Gasteiger partial charge in [0.1, 0.15) is 0 Å². The summed E-state index contributed by atoms with van der Waals surface area (Å²) in [5, 5.41) is 12.3. The third-order valence-corrected chi connectivity index (χ3v) is 2.07. The molecule has 0 fully saturated rings. The highest BCUT2D eigenvalue weighted by Gasteiger charge is 2.08. The van der Waals surface area contributed by atoms with Gasteiger partial charge in [0.2, 0.25) is 0 Å². The Morgan fingerprint density at radius 2 is 2.14 bits per heavy atom. The van der Waals surface area contributed by atoms with Gasteiger partial charge in [-0.3, -0.25) is 0 Å². The van der Waals surface area contributed by atoms with Crippen molar-refractivity contribution in [3.8, 4) is 0 Å². The summed E-state index contributed by atoms with van der Waals surface area (Å²) in [6.07, 6.45) is 0. The number of ether oxygens (including phenoxy) is 1. The highest BCUT2D eigenvalue weighted by atomic mass is 16.5. The minimum absolute atomic E-state index is 0.173. The second-order valence-corrected chi connectivity index (χ2v) is 3.40. The molecule has 0 amide bonds. The molecule has 86 valence electrons. The molecule has 14 heavy (non-hydrogen) atoms. The normalized spacial score (nSPS) is 13.5. The van der Waals surface area contributed by atoms with Crippen LogP contribution in [-0.4, -0.2) is 62.6 Å². The minimum atomic E-state index is 0.173. The first kappa shape index (κ1) is 13.8. The number of rotatable bonds is 9. The number of aliphatic hydroxyl groups is 1. The van der Waals surface area contributed by atoms with Crippen LogP contribution in [0, 0.1) is 0 Å². The molecule has 0 spiro atoms. The van der Waals surface area contributed by atoms with E-state index in [9.17, 15) is 0 Å². The van der Waals surface area contributed by atoms with Gasteiger partial charge in [-0.2, -0.15) is 0 Å². The van der Waals surface area contributed by atoms with Crippen LogP contribution < -0.4 is 5.32 Å². The van der Waals surface area contributed by atoms with E-state index in [1.807, 2.05) is 20.9 Å². The Labute approximate surface area is 87.2 Å². The van der Waals surface area contributed by atoms with E-state index in [1.165, 1.54) is 0 Å². The third kappa shape index (κ3) is 7.26. The number of hydrogen-bond acceptors (Lipinski definition) is 4. The Bertz CT molecular complexity index is 123. The molecule has 0 heterocycles. The Kier molecular flexibility index (Phi) is 9.29. The average Bonchev–Trinajstić information content (AvgIpc) is 2.17. The van der Waals surface area contributed by atoms with Crippen molar-refractivity contribution < 1.29 is 9.84 Å². The maximum absolute atomic E-state index is 9.06. The molecule has 0 aliphatic rings. The maximum atomic E-state index is 9.06. The minimum Gasteiger partial charge on any atom is -0.395 e. The van der Waals surface area contributed by atoms with Crippen LogP contribution in [0.2, 0.25) is 0 Å². The topological polar surface area (TPSA) is 44.7 Å². The summed E-state index contributed by atoms with van der Waals surface area (Å²) in [7, 11) is 2.04. The van der Waals surface area contributed by atoms with Crippen LogP contribution in [0.3, 0.4) is 0 Å². The highest BCUT2D eigenvalue weighted by Crippen LogP contribution is 1.89. The number of nitrogens with one attached hydrogen (secondary N) is 1. The standard InChI is InChI=1S/C10H24N2O2/c1-4-11-10(9-13)8-12(3)6-7-14-5-2/h10-11,13H,4-9H2,1-3H3. The van der Waals surface area contributed by atoms with Gasteiger partial charge in [0.15, 0.2) is 0 Å². The summed E-state index contributed by atoms with van der Waals surface area (Å²) < 4.78 is 5.25. The largest absolute Gasteiger partial charge is 0.395 e. The van der Waals surface area contributed by atoms with Gasteiger partial charge in [-0.05, 0) is 20.5 Å². The smallest absolute Gasteiger partial charge is 0.0597 e. The first-order chi connectivity index (χ1) is 6.74. The highest BCUT2D eigenvalue weighted by molar-refractivity contribution is 4.68. The first-order valence-corrected chi connectivity index (χ1v) is 5.35. The van der Waals surface area contributed by atoms with Crippen molar-refractivity contribution in [2.24, 2.45) is 0 Å². The molecule has 1 unspecified atom stereocenters. The van der Waals surface area contributed by atoms with Crippen LogP contribution in [0.15, 0.2) is 0 Å². The fourth-order valence-corrected chi connectivity index (χ4v) is 1.31. The molecule has 0 saturated heterocycles. The van der Waals surface area contributed by atoms with Crippen molar-refractivity contribution in [1.29, 1.82) is 0 Å². The van der Waals surface area contributed by atoms with Gasteiger partial charge in [-0.15, -0.1) is 0 Å². The fraction of sp³-hybridized carbons (Fsp3) is 1.00. The van der Waals surface area contributed by atoms with Gasteiger partial charge < -0.3 is 20.1 Å². The summed E-state index contributed by atoms with van der Waals surface area (Å²) >= 11 is 0. The molecule has 0 aromatic heterocycles. The average molecular weight is 204 g/mol. The second-order valence-electron chi connectivity index (χ2n) is 3.40. The Hall–Kier alpha value is -0.160. The lowest BCUT2D eigenvalue weighted by Crippen LogP contribution is -2.42. The van der Waals surface area contributed by atoms with E-state index >= 15 is 0 Å². The summed E-state index contributed by atoms with van der Waals surface area (Å²) in [6, 6.07) is 0.173. The number of likely N-dealkylation sites (N-methyl/N-ethyl adjacent to an activating group) is 2. The molecule has 4 heteroatoms. The van der Waals surface area contributed by atoms with Crippen LogP contribution in [0.1, 0.15) is 13.8 Å². The van der Waals surface area contributed by atoms with Crippen LogP contribution in [-0.2, 0) is 4.74 Å². The summed E-state index contributed by atoms with van der Waals surface area (Å²) in [5.74, 6) is 0. The molecule has 0 rings (SSSR count). The number of aliphatic hydroxyl groups excluding tert-OH is 1. The summed E-state index contributed by atoms with van der Waals surface area (Å²) in [6.45, 7) is 8.42. The molecule has 4 nitrogen and oxygen atoms in total. The van der Waals surface area contributed by atoms with E-state index in [0.717, 1.165) is 32.8 Å². The lowest BCUT2D eigenvalue weighted by molar-refractivity contribution is 0.113. The predicted molar refractivity (Wildman–Crippen MR) is 58.5 cm³/mol. The van der Waals surface area contributed by atoms with Crippen molar-refractivity contribution in [3.63, 3.8) is 0 Å². The molecule has 0 aromatic carbocycles. The van der Waals surface area contributed by atoms with E-state index in [4.69, 9.17) is 9.84 Å². The molecule has 0 aliphatic carbocycles. The van der Waals surface area contributed by atoms with Crippen molar-refractivity contribution in [2.45, 2.75) is 19.9 Å². The van der Waals surface area contributed by atoms with Gasteiger partial charge in [0, 0.05) is 25.7 Å². The number of nitrogens with zero attached hydrogens (tertiary/aromatic N) is 1. The van der Waals surface area contributed by atoms with E-state index in [2.05, 4.69) is 10.2 Å². The third-order valence-electron chi connectivity index (χ3n) is 2.07. The molecule has 2 N–H and O–H groups in total. The van der Waals surface area contributed by atoms with Gasteiger partial charge in [-0.1, -0.05) is 6.92 Å². The fourth-order valence-electron chi connectivity index (χ4n) is 1.31. The van der Waals surface area contributed by atoms with Gasteiger partial charge >= 0.3 is 0 Å². The lowest BCUT2D eigenvalue weighted by Gasteiger charge is -2.22. The molecular weight excluding hydrogens is 180 g/mol. The van der Waals surface area contributed by atoms with Crippen LogP contribution in [0.4, 0.5) is 0 Å². The second kappa shape index (κ2) is 9.40. The Morgan fingerprint density at radius 1 is 1.43 bits per heavy atom. The van der Waals surface area contributed by atoms with Crippen LogP contribution in [0.25, 0.3) is 0 Å². The van der Waals surface area contributed by atoms with Crippen molar-refractivity contribution in [3.05, 3.63) is 0 Å². The molecular formula is C10H24N2O2. The van der Waals surface area contributed by atoms with Gasteiger partial charge in [-0.25, -0.2) is 0 Å².